The van der Waals surface area contributed by atoms with Crippen LogP contribution in [0.2, 0.25) is 0 Å². The number of rotatable bonds is 9. The number of likely N-dealkylation sites (N-methyl/N-ethyl adjacent to an activating group) is 1. The normalized spacial score (nSPS) is 11.8. The Bertz CT molecular complexity index is 935. The van der Waals surface area contributed by atoms with E-state index in [-0.39, 0.29) is 11.4 Å². The summed E-state index contributed by atoms with van der Waals surface area (Å²) in [7, 11) is -2.36. The summed E-state index contributed by atoms with van der Waals surface area (Å²) in [5.41, 5.74) is 5.29. The summed E-state index contributed by atoms with van der Waals surface area (Å²) < 4.78 is 26.0. The molecule has 0 spiro atoms. The van der Waals surface area contributed by atoms with Gasteiger partial charge in [-0.25, -0.2) is 13.8 Å². The second kappa shape index (κ2) is 10.2. The van der Waals surface area contributed by atoms with Gasteiger partial charge in [0.2, 0.25) is 10.0 Å². The van der Waals surface area contributed by atoms with Gasteiger partial charge in [-0.3, -0.25) is 4.79 Å². The van der Waals surface area contributed by atoms with E-state index < -0.39 is 15.9 Å². The van der Waals surface area contributed by atoms with Crippen LogP contribution >= 0.6 is 0 Å². The molecule has 0 atom stereocenters. The van der Waals surface area contributed by atoms with Gasteiger partial charge in [-0.1, -0.05) is 29.8 Å². The Hall–Kier alpha value is -2.71. The number of aryl methyl sites for hydroxylation is 1. The molecule has 8 heteroatoms. The lowest BCUT2D eigenvalue weighted by atomic mass is 10.2. The number of hydrazone groups is 1. The molecule has 0 radical (unpaired) electrons. The van der Waals surface area contributed by atoms with Crippen LogP contribution in [0.5, 0.6) is 0 Å². The largest absolute Gasteiger partial charge is 0.372 e. The van der Waals surface area contributed by atoms with Gasteiger partial charge in [0, 0.05) is 25.8 Å². The topological polar surface area (TPSA) is 82.1 Å². The Kier molecular flexibility index (Phi) is 7.92. The zero-order valence-electron chi connectivity index (χ0n) is 17.3. The Morgan fingerprint density at radius 1 is 1.03 bits per heavy atom. The second-order valence-corrected chi connectivity index (χ2v) is 8.68. The molecule has 29 heavy (non-hydrogen) atoms. The Balaban J connectivity index is 1.92. The van der Waals surface area contributed by atoms with Crippen molar-refractivity contribution in [2.24, 2.45) is 5.10 Å². The van der Waals surface area contributed by atoms with Gasteiger partial charge in [0.05, 0.1) is 17.7 Å². The smallest absolute Gasteiger partial charge is 0.255 e. The SMILES string of the molecule is CCN(CC)c1ccc(/C=N/NC(=O)CN(C)S(=O)(=O)c2ccc(C)cc2)cc1. The number of hydrogen-bond donors (Lipinski definition) is 1. The van der Waals surface area contributed by atoms with Gasteiger partial charge in [-0.15, -0.1) is 0 Å². The van der Waals surface area contributed by atoms with E-state index in [1.165, 1.54) is 25.4 Å². The van der Waals surface area contributed by atoms with Gasteiger partial charge in [-0.2, -0.15) is 9.41 Å². The van der Waals surface area contributed by atoms with E-state index in [1.807, 2.05) is 31.2 Å². The van der Waals surface area contributed by atoms with E-state index in [0.29, 0.717) is 0 Å². The lowest BCUT2D eigenvalue weighted by Crippen LogP contribution is -2.36. The number of amides is 1. The fraction of sp³-hybridized carbons (Fsp3) is 0.333. The summed E-state index contributed by atoms with van der Waals surface area (Å²) >= 11 is 0. The van der Waals surface area contributed by atoms with Gasteiger partial charge in [-0.05, 0) is 50.6 Å². The first-order valence-electron chi connectivity index (χ1n) is 9.47. The van der Waals surface area contributed by atoms with Crippen molar-refractivity contribution in [3.8, 4) is 0 Å². The number of hydrogen-bond acceptors (Lipinski definition) is 5. The fourth-order valence-corrected chi connectivity index (χ4v) is 3.88. The minimum absolute atomic E-state index is 0.148. The van der Waals surface area contributed by atoms with Gasteiger partial charge >= 0.3 is 0 Å². The molecule has 0 aliphatic heterocycles. The van der Waals surface area contributed by atoms with Gasteiger partial charge in [0.1, 0.15) is 0 Å². The van der Waals surface area contributed by atoms with Gasteiger partial charge in [0.15, 0.2) is 0 Å². The molecular formula is C21H28N4O3S. The molecule has 0 heterocycles. The molecule has 7 nitrogen and oxygen atoms in total. The van der Waals surface area contributed by atoms with Crippen molar-refractivity contribution in [1.29, 1.82) is 0 Å². The van der Waals surface area contributed by atoms with E-state index >= 15 is 0 Å². The first-order valence-corrected chi connectivity index (χ1v) is 10.9. The maximum atomic E-state index is 12.5. The van der Waals surface area contributed by atoms with Crippen LogP contribution in [0.25, 0.3) is 0 Å². The predicted molar refractivity (Wildman–Crippen MR) is 117 cm³/mol. The monoisotopic (exact) mass is 416 g/mol. The maximum Gasteiger partial charge on any atom is 0.255 e. The second-order valence-electron chi connectivity index (χ2n) is 6.63. The zero-order chi connectivity index (χ0) is 21.4. The number of anilines is 1. The zero-order valence-corrected chi connectivity index (χ0v) is 18.1. The molecule has 0 saturated carbocycles. The quantitative estimate of drug-likeness (QED) is 0.503. The number of sulfonamides is 1. The summed E-state index contributed by atoms with van der Waals surface area (Å²) in [6.45, 7) is 7.62. The van der Waals surface area contributed by atoms with Crippen LogP contribution in [0.15, 0.2) is 58.5 Å². The molecule has 0 saturated heterocycles. The standard InChI is InChI=1S/C21H28N4O3S/c1-5-25(6-2)19-11-9-18(10-12-19)15-22-23-21(26)16-24(4)29(27,28)20-13-7-17(3)8-14-20/h7-15H,5-6,16H2,1-4H3,(H,23,26)/b22-15+. The van der Waals surface area contributed by atoms with Crippen LogP contribution < -0.4 is 10.3 Å². The molecule has 2 aromatic carbocycles. The molecule has 0 bridgehead atoms. The summed E-state index contributed by atoms with van der Waals surface area (Å²) in [6.07, 6.45) is 1.53. The molecule has 0 aliphatic rings. The predicted octanol–water partition coefficient (Wildman–Crippen LogP) is 2.61. The molecular weight excluding hydrogens is 388 g/mol. The number of nitrogens with zero attached hydrogens (tertiary/aromatic N) is 3. The third kappa shape index (κ3) is 6.13. The summed E-state index contributed by atoms with van der Waals surface area (Å²) in [6, 6.07) is 14.3. The van der Waals surface area contributed by atoms with Crippen molar-refractivity contribution >= 4 is 27.8 Å². The van der Waals surface area contributed by atoms with Crippen molar-refractivity contribution in [2.45, 2.75) is 25.7 Å². The maximum absolute atomic E-state index is 12.5. The number of carbonyl (C=O) groups is 1. The van der Waals surface area contributed by atoms with Crippen LogP contribution in [-0.2, 0) is 14.8 Å². The molecule has 1 amide bonds. The summed E-state index contributed by atoms with van der Waals surface area (Å²) in [4.78, 5) is 14.4. The fourth-order valence-electron chi connectivity index (χ4n) is 2.75. The Labute approximate surface area is 173 Å². The molecule has 2 rings (SSSR count). The molecule has 0 aromatic heterocycles. The summed E-state index contributed by atoms with van der Waals surface area (Å²) in [5, 5.41) is 3.92. The average molecular weight is 417 g/mol. The lowest BCUT2D eigenvalue weighted by Gasteiger charge is -2.20. The minimum Gasteiger partial charge on any atom is -0.372 e. The highest BCUT2D eigenvalue weighted by atomic mass is 32.2. The molecule has 0 unspecified atom stereocenters. The van der Waals surface area contributed by atoms with Crippen LogP contribution in [0.1, 0.15) is 25.0 Å². The van der Waals surface area contributed by atoms with Crippen molar-refractivity contribution < 1.29 is 13.2 Å². The minimum atomic E-state index is -3.73. The van der Waals surface area contributed by atoms with E-state index in [1.54, 1.807) is 12.1 Å². The number of carbonyl (C=O) groups excluding carboxylic acids is 1. The number of nitrogens with one attached hydrogen (secondary N) is 1. The van der Waals surface area contributed by atoms with Crippen LogP contribution in [0.3, 0.4) is 0 Å². The average Bonchev–Trinajstić information content (AvgIpc) is 2.70. The lowest BCUT2D eigenvalue weighted by molar-refractivity contribution is -0.121. The highest BCUT2D eigenvalue weighted by Crippen LogP contribution is 2.15. The van der Waals surface area contributed by atoms with Crippen molar-refractivity contribution in [1.82, 2.24) is 9.73 Å². The van der Waals surface area contributed by atoms with Crippen molar-refractivity contribution in [3.05, 3.63) is 59.7 Å². The Morgan fingerprint density at radius 3 is 2.17 bits per heavy atom. The first-order chi connectivity index (χ1) is 13.8. The molecule has 156 valence electrons. The van der Waals surface area contributed by atoms with E-state index in [2.05, 4.69) is 29.3 Å². The van der Waals surface area contributed by atoms with Crippen LogP contribution in [-0.4, -0.2) is 51.5 Å². The first kappa shape index (κ1) is 22.6. The summed E-state index contributed by atoms with van der Waals surface area (Å²) in [5.74, 6) is -0.515. The van der Waals surface area contributed by atoms with E-state index in [9.17, 15) is 13.2 Å². The molecule has 0 fully saturated rings. The Morgan fingerprint density at radius 2 is 1.62 bits per heavy atom. The van der Waals surface area contributed by atoms with Gasteiger partial charge < -0.3 is 4.90 Å². The molecule has 0 aliphatic carbocycles. The number of benzene rings is 2. The highest BCUT2D eigenvalue weighted by molar-refractivity contribution is 7.89. The van der Waals surface area contributed by atoms with Crippen LogP contribution in [0.4, 0.5) is 5.69 Å². The van der Waals surface area contributed by atoms with E-state index in [4.69, 9.17) is 0 Å². The van der Waals surface area contributed by atoms with Crippen molar-refractivity contribution in [3.63, 3.8) is 0 Å². The third-order valence-electron chi connectivity index (χ3n) is 4.52. The molecule has 1 N–H and O–H groups in total. The van der Waals surface area contributed by atoms with Crippen molar-refractivity contribution in [2.75, 3.05) is 31.6 Å². The highest BCUT2D eigenvalue weighted by Gasteiger charge is 2.22. The van der Waals surface area contributed by atoms with Crippen LogP contribution in [0, 0.1) is 6.92 Å². The van der Waals surface area contributed by atoms with E-state index in [0.717, 1.165) is 34.2 Å². The third-order valence-corrected chi connectivity index (χ3v) is 6.34. The molecule has 2 aromatic rings. The van der Waals surface area contributed by atoms with Gasteiger partial charge in [0.25, 0.3) is 5.91 Å².